The molecule has 2 heteroatoms. The van der Waals surface area contributed by atoms with Crippen LogP contribution in [0.5, 0.6) is 5.75 Å². The van der Waals surface area contributed by atoms with E-state index in [4.69, 9.17) is 4.74 Å². The first-order chi connectivity index (χ1) is 9.22. The van der Waals surface area contributed by atoms with Crippen LogP contribution in [0.25, 0.3) is 0 Å². The highest BCUT2D eigenvalue weighted by Crippen LogP contribution is 2.50. The van der Waals surface area contributed by atoms with Crippen LogP contribution in [0.2, 0.25) is 0 Å². The maximum Gasteiger partial charge on any atom is 0.125 e. The molecule has 0 spiro atoms. The lowest BCUT2D eigenvalue weighted by atomic mass is 9.64. The summed E-state index contributed by atoms with van der Waals surface area (Å²) in [4.78, 5) is 0. The normalized spacial score (nSPS) is 29.4. The van der Waals surface area contributed by atoms with Crippen LogP contribution in [0.4, 0.5) is 0 Å². The van der Waals surface area contributed by atoms with Gasteiger partial charge in [-0.3, -0.25) is 0 Å². The largest absolute Gasteiger partial charge is 0.491 e. The molecule has 0 amide bonds. The molecule has 20 heavy (non-hydrogen) atoms. The number of aliphatic hydroxyl groups is 1. The van der Waals surface area contributed by atoms with E-state index in [1.807, 2.05) is 38.1 Å². The molecule has 0 radical (unpaired) electrons. The van der Waals surface area contributed by atoms with E-state index in [1.165, 1.54) is 6.42 Å². The van der Waals surface area contributed by atoms with Crippen molar-refractivity contribution in [3.8, 4) is 5.75 Å². The molecule has 2 nitrogen and oxygen atoms in total. The summed E-state index contributed by atoms with van der Waals surface area (Å²) < 4.78 is 5.91. The molecule has 2 rings (SSSR count). The van der Waals surface area contributed by atoms with Gasteiger partial charge >= 0.3 is 0 Å². The van der Waals surface area contributed by atoms with E-state index in [9.17, 15) is 5.11 Å². The summed E-state index contributed by atoms with van der Waals surface area (Å²) in [6.07, 6.45) is 2.90. The molecule has 1 aromatic carbocycles. The summed E-state index contributed by atoms with van der Waals surface area (Å²) in [6.45, 7) is 10.8. The van der Waals surface area contributed by atoms with Crippen LogP contribution in [0.1, 0.15) is 59.4 Å². The Bertz CT molecular complexity index is 464. The highest BCUT2D eigenvalue weighted by Gasteiger charge is 2.44. The van der Waals surface area contributed by atoms with Gasteiger partial charge in [0.05, 0.1) is 11.7 Å². The molecule has 2 atom stereocenters. The molecule has 0 bridgehead atoms. The summed E-state index contributed by atoms with van der Waals surface area (Å²) in [5.74, 6) is 1.35. The van der Waals surface area contributed by atoms with Crippen LogP contribution in [0.15, 0.2) is 24.3 Å². The zero-order valence-corrected chi connectivity index (χ0v) is 13.4. The van der Waals surface area contributed by atoms with Crippen molar-refractivity contribution in [1.82, 2.24) is 0 Å². The third-order valence-corrected chi connectivity index (χ3v) is 4.11. The highest BCUT2D eigenvalue weighted by molar-refractivity contribution is 5.38. The summed E-state index contributed by atoms with van der Waals surface area (Å²) in [7, 11) is 0. The number of ether oxygens (including phenoxy) is 1. The third-order valence-electron chi connectivity index (χ3n) is 4.11. The summed E-state index contributed by atoms with van der Waals surface area (Å²) in [6, 6.07) is 7.96. The number of para-hydroxylation sites is 1. The average Bonchev–Trinajstić information content (AvgIpc) is 2.25. The van der Waals surface area contributed by atoms with E-state index >= 15 is 0 Å². The zero-order valence-electron chi connectivity index (χ0n) is 13.4. The van der Waals surface area contributed by atoms with Crippen LogP contribution in [-0.2, 0) is 5.60 Å². The predicted octanol–water partition coefficient (Wildman–Crippen LogP) is 4.51. The first-order valence-electron chi connectivity index (χ1n) is 7.70. The molecular formula is C18H28O2. The van der Waals surface area contributed by atoms with Gasteiger partial charge in [-0.15, -0.1) is 0 Å². The minimum absolute atomic E-state index is 0.119. The van der Waals surface area contributed by atoms with Crippen molar-refractivity contribution >= 4 is 0 Å². The zero-order chi connectivity index (χ0) is 15.0. The monoisotopic (exact) mass is 276 g/mol. The van der Waals surface area contributed by atoms with Crippen molar-refractivity contribution in [2.75, 3.05) is 0 Å². The van der Waals surface area contributed by atoms with Crippen molar-refractivity contribution < 1.29 is 9.84 Å². The van der Waals surface area contributed by atoms with Crippen molar-refractivity contribution in [1.29, 1.82) is 0 Å². The van der Waals surface area contributed by atoms with Gasteiger partial charge in [-0.1, -0.05) is 39.0 Å². The number of hydrogen-bond acceptors (Lipinski definition) is 2. The average molecular weight is 276 g/mol. The fraction of sp³-hybridized carbons (Fsp3) is 0.667. The lowest BCUT2D eigenvalue weighted by Gasteiger charge is -2.45. The first-order valence-corrected chi connectivity index (χ1v) is 7.70. The Morgan fingerprint density at radius 2 is 1.85 bits per heavy atom. The smallest absolute Gasteiger partial charge is 0.125 e. The number of hydrogen-bond donors (Lipinski definition) is 1. The standard InChI is InChI=1S/C18H28O2/c1-13(2)20-16-9-7-6-8-15(16)18(19)11-14(3)10-17(4,5)12-18/h6-9,13-14,19H,10-12H2,1-5H3. The second kappa shape index (κ2) is 5.40. The maximum absolute atomic E-state index is 11.3. The molecule has 1 aromatic rings. The minimum atomic E-state index is -0.771. The summed E-state index contributed by atoms with van der Waals surface area (Å²) in [5.41, 5.74) is 0.345. The second-order valence-electron chi connectivity index (χ2n) is 7.55. The van der Waals surface area contributed by atoms with Gasteiger partial charge in [0.25, 0.3) is 0 Å². The SMILES string of the molecule is CC1CC(C)(C)CC(O)(c2ccccc2OC(C)C)C1. The van der Waals surface area contributed by atoms with Crippen molar-refractivity contribution in [2.45, 2.75) is 65.6 Å². The summed E-state index contributed by atoms with van der Waals surface area (Å²) >= 11 is 0. The van der Waals surface area contributed by atoms with E-state index in [0.29, 0.717) is 5.92 Å². The van der Waals surface area contributed by atoms with Gasteiger partial charge in [-0.05, 0) is 50.5 Å². The van der Waals surface area contributed by atoms with E-state index in [-0.39, 0.29) is 11.5 Å². The highest BCUT2D eigenvalue weighted by atomic mass is 16.5. The topological polar surface area (TPSA) is 29.5 Å². The van der Waals surface area contributed by atoms with Crippen molar-refractivity contribution in [2.24, 2.45) is 11.3 Å². The Morgan fingerprint density at radius 3 is 2.45 bits per heavy atom. The fourth-order valence-electron chi connectivity index (χ4n) is 3.94. The fourth-order valence-corrected chi connectivity index (χ4v) is 3.94. The molecule has 1 aliphatic carbocycles. The van der Waals surface area contributed by atoms with Gasteiger partial charge in [0.15, 0.2) is 0 Å². The van der Waals surface area contributed by atoms with Crippen LogP contribution >= 0.6 is 0 Å². The molecule has 1 saturated carbocycles. The molecule has 1 aliphatic rings. The molecule has 0 aliphatic heterocycles. The van der Waals surface area contributed by atoms with E-state index in [1.54, 1.807) is 0 Å². The van der Waals surface area contributed by atoms with Crippen molar-refractivity contribution in [3.05, 3.63) is 29.8 Å². The van der Waals surface area contributed by atoms with Crippen LogP contribution in [0.3, 0.4) is 0 Å². The number of rotatable bonds is 3. The second-order valence-corrected chi connectivity index (χ2v) is 7.55. The van der Waals surface area contributed by atoms with E-state index in [0.717, 1.165) is 24.2 Å². The summed E-state index contributed by atoms with van der Waals surface area (Å²) in [5, 5.41) is 11.3. The van der Waals surface area contributed by atoms with Gasteiger partial charge in [0.2, 0.25) is 0 Å². The Balaban J connectivity index is 2.38. The molecule has 0 heterocycles. The van der Waals surface area contributed by atoms with Gasteiger partial charge in [0, 0.05) is 5.56 Å². The maximum atomic E-state index is 11.3. The van der Waals surface area contributed by atoms with Crippen LogP contribution in [0, 0.1) is 11.3 Å². The molecule has 1 N–H and O–H groups in total. The Labute approximate surface area is 123 Å². The number of benzene rings is 1. The van der Waals surface area contributed by atoms with Crippen LogP contribution < -0.4 is 4.74 Å². The lowest BCUT2D eigenvalue weighted by Crippen LogP contribution is -2.40. The Hall–Kier alpha value is -1.02. The molecule has 0 saturated heterocycles. The molecule has 2 unspecified atom stereocenters. The third kappa shape index (κ3) is 3.35. The van der Waals surface area contributed by atoms with E-state index < -0.39 is 5.60 Å². The molecule has 112 valence electrons. The van der Waals surface area contributed by atoms with Gasteiger partial charge in [0.1, 0.15) is 5.75 Å². The molecular weight excluding hydrogens is 248 g/mol. The van der Waals surface area contributed by atoms with Crippen LogP contribution in [-0.4, -0.2) is 11.2 Å². The Morgan fingerprint density at radius 1 is 1.20 bits per heavy atom. The Kier molecular flexibility index (Phi) is 4.15. The van der Waals surface area contributed by atoms with Crippen molar-refractivity contribution in [3.63, 3.8) is 0 Å². The molecule has 0 aromatic heterocycles. The quantitative estimate of drug-likeness (QED) is 0.880. The lowest BCUT2D eigenvalue weighted by molar-refractivity contribution is -0.0652. The van der Waals surface area contributed by atoms with E-state index in [2.05, 4.69) is 20.8 Å². The first kappa shape index (κ1) is 15.4. The molecule has 1 fully saturated rings. The van der Waals surface area contributed by atoms with Gasteiger partial charge in [-0.2, -0.15) is 0 Å². The minimum Gasteiger partial charge on any atom is -0.491 e. The van der Waals surface area contributed by atoms with Gasteiger partial charge in [-0.25, -0.2) is 0 Å². The van der Waals surface area contributed by atoms with Gasteiger partial charge < -0.3 is 9.84 Å². The predicted molar refractivity (Wildman–Crippen MR) is 82.9 cm³/mol.